The first-order valence-corrected chi connectivity index (χ1v) is 8.35. The zero-order valence-corrected chi connectivity index (χ0v) is 14.0. The number of nitrogens with one attached hydrogen (secondary N) is 2. The lowest BCUT2D eigenvalue weighted by Gasteiger charge is -2.16. The lowest BCUT2D eigenvalue weighted by molar-refractivity contribution is 0.300. The summed E-state index contributed by atoms with van der Waals surface area (Å²) in [6, 6.07) is 8.31. The summed E-state index contributed by atoms with van der Waals surface area (Å²) in [4.78, 5) is 2.29. The van der Waals surface area contributed by atoms with Crippen molar-refractivity contribution in [3.8, 4) is 17.0 Å². The Kier molecular flexibility index (Phi) is 5.31. The van der Waals surface area contributed by atoms with Gasteiger partial charge in [0.25, 0.3) is 0 Å². The smallest absolute Gasteiger partial charge is 0.119 e. The molecule has 2 aromatic rings. The molecule has 1 heterocycles. The fourth-order valence-electron chi connectivity index (χ4n) is 2.57. The Morgan fingerprint density at radius 3 is 2.78 bits per heavy atom. The summed E-state index contributed by atoms with van der Waals surface area (Å²) < 4.78 is 5.80. The van der Waals surface area contributed by atoms with Crippen molar-refractivity contribution in [2.24, 2.45) is 5.92 Å². The van der Waals surface area contributed by atoms with Crippen LogP contribution >= 0.6 is 0 Å². The summed E-state index contributed by atoms with van der Waals surface area (Å²) in [5.74, 6) is 1.73. The van der Waals surface area contributed by atoms with Crippen LogP contribution in [-0.2, 0) is 6.54 Å². The predicted octanol–water partition coefficient (Wildman–Crippen LogP) is 2.52. The second-order valence-corrected chi connectivity index (χ2v) is 6.39. The highest BCUT2D eigenvalue weighted by Gasteiger charge is 2.21. The van der Waals surface area contributed by atoms with E-state index in [2.05, 4.69) is 39.6 Å². The monoisotopic (exact) mass is 314 g/mol. The number of ether oxygens (including phenoxy) is 1. The molecule has 1 aromatic heterocycles. The van der Waals surface area contributed by atoms with E-state index in [1.54, 1.807) is 0 Å². The first kappa shape index (κ1) is 16.0. The molecule has 3 rings (SSSR count). The Balaban J connectivity index is 1.63. The first-order valence-electron chi connectivity index (χ1n) is 8.35. The van der Waals surface area contributed by atoms with Gasteiger partial charge in [-0.2, -0.15) is 5.10 Å². The quantitative estimate of drug-likeness (QED) is 0.747. The van der Waals surface area contributed by atoms with Gasteiger partial charge in [-0.25, -0.2) is 0 Å². The third-order valence-corrected chi connectivity index (χ3v) is 4.23. The molecule has 1 aromatic carbocycles. The van der Waals surface area contributed by atoms with Gasteiger partial charge in [-0.3, -0.25) is 5.10 Å². The molecule has 1 aliphatic carbocycles. The minimum atomic E-state index is 0.780. The Bertz CT molecular complexity index is 604. The van der Waals surface area contributed by atoms with Crippen molar-refractivity contribution in [1.82, 2.24) is 20.4 Å². The fourth-order valence-corrected chi connectivity index (χ4v) is 2.57. The highest BCUT2D eigenvalue weighted by Crippen LogP contribution is 2.30. The maximum absolute atomic E-state index is 5.80. The van der Waals surface area contributed by atoms with E-state index in [1.807, 2.05) is 25.4 Å². The molecule has 0 bridgehead atoms. The van der Waals surface area contributed by atoms with E-state index < -0.39 is 0 Å². The molecule has 0 radical (unpaired) electrons. The minimum absolute atomic E-state index is 0.780. The van der Waals surface area contributed by atoms with Crippen molar-refractivity contribution in [3.63, 3.8) is 0 Å². The summed E-state index contributed by atoms with van der Waals surface area (Å²) in [6.45, 7) is 3.73. The van der Waals surface area contributed by atoms with E-state index in [0.717, 1.165) is 49.2 Å². The zero-order chi connectivity index (χ0) is 16.1. The van der Waals surface area contributed by atoms with Crippen LogP contribution < -0.4 is 10.1 Å². The van der Waals surface area contributed by atoms with Gasteiger partial charge >= 0.3 is 0 Å². The Labute approximate surface area is 138 Å². The maximum Gasteiger partial charge on any atom is 0.119 e. The molecule has 0 spiro atoms. The molecule has 5 nitrogen and oxygen atoms in total. The molecule has 0 amide bonds. The van der Waals surface area contributed by atoms with Crippen molar-refractivity contribution >= 4 is 0 Å². The molecule has 124 valence electrons. The van der Waals surface area contributed by atoms with Crippen LogP contribution in [0.2, 0.25) is 0 Å². The highest BCUT2D eigenvalue weighted by atomic mass is 16.5. The van der Waals surface area contributed by atoms with Gasteiger partial charge in [0.15, 0.2) is 0 Å². The lowest BCUT2D eigenvalue weighted by atomic mass is 10.1. The molecule has 0 atom stereocenters. The summed E-state index contributed by atoms with van der Waals surface area (Å²) in [5.41, 5.74) is 3.46. The molecular formula is C18H26N4O. The number of nitrogens with zero attached hydrogens (tertiary/aromatic N) is 2. The van der Waals surface area contributed by atoms with Crippen molar-refractivity contribution in [3.05, 3.63) is 36.0 Å². The van der Waals surface area contributed by atoms with Gasteiger partial charge < -0.3 is 15.0 Å². The van der Waals surface area contributed by atoms with E-state index in [1.165, 1.54) is 18.4 Å². The number of H-pyrrole nitrogens is 1. The largest absolute Gasteiger partial charge is 0.493 e. The van der Waals surface area contributed by atoms with Gasteiger partial charge in [0.05, 0.1) is 18.5 Å². The van der Waals surface area contributed by atoms with E-state index in [0.29, 0.717) is 0 Å². The number of benzene rings is 1. The summed E-state index contributed by atoms with van der Waals surface area (Å²) in [7, 11) is 4.10. The van der Waals surface area contributed by atoms with Crippen LogP contribution in [0.3, 0.4) is 0 Å². The van der Waals surface area contributed by atoms with Crippen molar-refractivity contribution in [1.29, 1.82) is 0 Å². The number of hydrogen-bond donors (Lipinski definition) is 2. The molecule has 1 saturated carbocycles. The Hall–Kier alpha value is -1.85. The summed E-state index contributed by atoms with van der Waals surface area (Å²) in [6.07, 6.45) is 4.55. The molecule has 1 fully saturated rings. The van der Waals surface area contributed by atoms with Crippen LogP contribution in [0.4, 0.5) is 0 Å². The van der Waals surface area contributed by atoms with Gasteiger partial charge in [0.1, 0.15) is 5.75 Å². The third-order valence-electron chi connectivity index (χ3n) is 4.23. The SMILES string of the molecule is CNCCN(C)Cc1cn[nH]c1-c1ccc(OCC2CC2)cc1. The molecule has 5 heteroatoms. The topological polar surface area (TPSA) is 53.2 Å². The molecular weight excluding hydrogens is 288 g/mol. The van der Waals surface area contributed by atoms with E-state index in [4.69, 9.17) is 4.74 Å². The van der Waals surface area contributed by atoms with Gasteiger partial charge in [-0.15, -0.1) is 0 Å². The molecule has 0 unspecified atom stereocenters. The van der Waals surface area contributed by atoms with Gasteiger partial charge in [0, 0.05) is 30.8 Å². The molecule has 0 aliphatic heterocycles. The van der Waals surface area contributed by atoms with Crippen LogP contribution in [0.25, 0.3) is 11.3 Å². The van der Waals surface area contributed by atoms with E-state index in [-0.39, 0.29) is 0 Å². The van der Waals surface area contributed by atoms with Crippen LogP contribution in [0.5, 0.6) is 5.75 Å². The van der Waals surface area contributed by atoms with Crippen LogP contribution in [0.15, 0.2) is 30.5 Å². The maximum atomic E-state index is 5.80. The predicted molar refractivity (Wildman–Crippen MR) is 92.5 cm³/mol. The number of rotatable bonds is 9. The normalized spacial score (nSPS) is 14.4. The second kappa shape index (κ2) is 7.62. The van der Waals surface area contributed by atoms with Gasteiger partial charge in [0.2, 0.25) is 0 Å². The molecule has 23 heavy (non-hydrogen) atoms. The van der Waals surface area contributed by atoms with E-state index in [9.17, 15) is 0 Å². The van der Waals surface area contributed by atoms with Crippen molar-refractivity contribution in [2.75, 3.05) is 33.8 Å². The van der Waals surface area contributed by atoms with Gasteiger partial charge in [-0.05, 0) is 57.1 Å². The summed E-state index contributed by atoms with van der Waals surface area (Å²) >= 11 is 0. The van der Waals surface area contributed by atoms with Crippen LogP contribution in [-0.4, -0.2) is 48.9 Å². The van der Waals surface area contributed by atoms with Crippen LogP contribution in [0, 0.1) is 5.92 Å². The first-order chi connectivity index (χ1) is 11.3. The number of aromatic nitrogens is 2. The number of aromatic amines is 1. The fraction of sp³-hybridized carbons (Fsp3) is 0.500. The van der Waals surface area contributed by atoms with Crippen molar-refractivity contribution in [2.45, 2.75) is 19.4 Å². The Morgan fingerprint density at radius 1 is 1.30 bits per heavy atom. The minimum Gasteiger partial charge on any atom is -0.493 e. The molecule has 0 saturated heterocycles. The molecule has 2 N–H and O–H groups in total. The van der Waals surface area contributed by atoms with E-state index >= 15 is 0 Å². The number of hydrogen-bond acceptors (Lipinski definition) is 4. The average molecular weight is 314 g/mol. The van der Waals surface area contributed by atoms with Crippen molar-refractivity contribution < 1.29 is 4.74 Å². The zero-order valence-electron chi connectivity index (χ0n) is 14.0. The standard InChI is InChI=1S/C18H26N4O/c1-19-9-10-22(2)12-16-11-20-21-18(16)15-5-7-17(8-6-15)23-13-14-3-4-14/h5-8,11,14,19H,3-4,9-10,12-13H2,1-2H3,(H,20,21). The van der Waals surface area contributed by atoms with Gasteiger partial charge in [-0.1, -0.05) is 0 Å². The summed E-state index contributed by atoms with van der Waals surface area (Å²) in [5, 5.41) is 10.5. The van der Waals surface area contributed by atoms with Crippen LogP contribution in [0.1, 0.15) is 18.4 Å². The Morgan fingerprint density at radius 2 is 2.09 bits per heavy atom. The highest BCUT2D eigenvalue weighted by molar-refractivity contribution is 5.63. The number of likely N-dealkylation sites (N-methyl/N-ethyl adjacent to an activating group) is 2. The lowest BCUT2D eigenvalue weighted by Crippen LogP contribution is -2.26. The average Bonchev–Trinajstić information content (AvgIpc) is 3.29. The third kappa shape index (κ3) is 4.56. The molecule has 1 aliphatic rings. The second-order valence-electron chi connectivity index (χ2n) is 6.39.